The third kappa shape index (κ3) is 3.25. The van der Waals surface area contributed by atoms with Crippen molar-refractivity contribution in [3.8, 4) is 5.75 Å². The van der Waals surface area contributed by atoms with Gasteiger partial charge in [0, 0.05) is 18.8 Å². The van der Waals surface area contributed by atoms with E-state index in [2.05, 4.69) is 16.4 Å². The summed E-state index contributed by atoms with van der Waals surface area (Å²) in [4.78, 5) is 4.28. The number of nitrogens with zero attached hydrogens (tertiary/aromatic N) is 1. The SMILES string of the molecule is OCC[C@H]1C[C@@H]1c1cncc(OC[C@@H]2CCCN2)c1. The molecular weight excluding hydrogens is 240 g/mol. The van der Waals surface area contributed by atoms with Crippen molar-refractivity contribution in [2.75, 3.05) is 19.8 Å². The van der Waals surface area contributed by atoms with Gasteiger partial charge in [0.25, 0.3) is 0 Å². The summed E-state index contributed by atoms with van der Waals surface area (Å²) in [6.07, 6.45) is 8.26. The van der Waals surface area contributed by atoms with E-state index in [1.807, 2.05) is 6.20 Å². The molecule has 0 aromatic carbocycles. The Morgan fingerprint density at radius 1 is 1.42 bits per heavy atom. The molecule has 0 unspecified atom stereocenters. The molecule has 3 atom stereocenters. The number of aliphatic hydroxyl groups is 1. The van der Waals surface area contributed by atoms with Gasteiger partial charge >= 0.3 is 0 Å². The van der Waals surface area contributed by atoms with E-state index in [4.69, 9.17) is 9.84 Å². The molecule has 2 N–H and O–H groups in total. The van der Waals surface area contributed by atoms with E-state index in [0.29, 0.717) is 17.9 Å². The van der Waals surface area contributed by atoms with Crippen LogP contribution in [0, 0.1) is 5.92 Å². The number of pyridine rings is 1. The van der Waals surface area contributed by atoms with Crippen molar-refractivity contribution in [2.45, 2.75) is 37.6 Å². The summed E-state index contributed by atoms with van der Waals surface area (Å²) >= 11 is 0. The lowest BCUT2D eigenvalue weighted by Gasteiger charge is -2.12. The lowest BCUT2D eigenvalue weighted by Crippen LogP contribution is -2.28. The molecular formula is C15H22N2O2. The van der Waals surface area contributed by atoms with Gasteiger partial charge in [0.1, 0.15) is 12.4 Å². The zero-order valence-electron chi connectivity index (χ0n) is 11.2. The van der Waals surface area contributed by atoms with Gasteiger partial charge in [0.2, 0.25) is 0 Å². The first-order chi connectivity index (χ1) is 9.36. The molecule has 0 radical (unpaired) electrons. The van der Waals surface area contributed by atoms with Gasteiger partial charge in [-0.15, -0.1) is 0 Å². The van der Waals surface area contributed by atoms with E-state index >= 15 is 0 Å². The van der Waals surface area contributed by atoms with Crippen LogP contribution < -0.4 is 10.1 Å². The van der Waals surface area contributed by atoms with E-state index < -0.39 is 0 Å². The molecule has 104 valence electrons. The van der Waals surface area contributed by atoms with Crippen LogP contribution in [0.3, 0.4) is 0 Å². The van der Waals surface area contributed by atoms with Gasteiger partial charge in [0.05, 0.1) is 6.20 Å². The summed E-state index contributed by atoms with van der Waals surface area (Å²) in [5.41, 5.74) is 1.26. The fourth-order valence-electron chi connectivity index (χ4n) is 2.95. The van der Waals surface area contributed by atoms with E-state index in [1.165, 1.54) is 24.8 Å². The van der Waals surface area contributed by atoms with Crippen molar-refractivity contribution in [1.82, 2.24) is 10.3 Å². The second kappa shape index (κ2) is 5.88. The first-order valence-electron chi connectivity index (χ1n) is 7.29. The average Bonchev–Trinajstić information content (AvgIpc) is 3.01. The molecule has 2 aliphatic rings. The molecule has 1 aliphatic carbocycles. The van der Waals surface area contributed by atoms with Crippen LogP contribution in [0.2, 0.25) is 0 Å². The van der Waals surface area contributed by atoms with Gasteiger partial charge in [-0.25, -0.2) is 0 Å². The average molecular weight is 262 g/mol. The normalized spacial score (nSPS) is 29.4. The molecule has 0 spiro atoms. The molecule has 2 fully saturated rings. The standard InChI is InChI=1S/C15H22N2O2/c18-5-3-11-7-15(11)12-6-14(9-16-8-12)19-10-13-2-1-4-17-13/h6,8-9,11,13,15,17-18H,1-5,7,10H2/t11-,13-,15-/m0/s1. The Labute approximate surface area is 114 Å². The molecule has 0 amide bonds. The van der Waals surface area contributed by atoms with Crippen LogP contribution in [0.1, 0.15) is 37.2 Å². The smallest absolute Gasteiger partial charge is 0.137 e. The van der Waals surface area contributed by atoms with Crippen LogP contribution >= 0.6 is 0 Å². The van der Waals surface area contributed by atoms with Crippen molar-refractivity contribution in [1.29, 1.82) is 0 Å². The topological polar surface area (TPSA) is 54.4 Å². The maximum Gasteiger partial charge on any atom is 0.137 e. The number of rotatable bonds is 6. The van der Waals surface area contributed by atoms with Crippen molar-refractivity contribution in [2.24, 2.45) is 5.92 Å². The summed E-state index contributed by atoms with van der Waals surface area (Å²) in [5, 5.41) is 12.4. The number of hydrogen-bond donors (Lipinski definition) is 2. The van der Waals surface area contributed by atoms with Crippen LogP contribution in [0.25, 0.3) is 0 Å². The van der Waals surface area contributed by atoms with Gasteiger partial charge in [-0.3, -0.25) is 4.98 Å². The minimum Gasteiger partial charge on any atom is -0.490 e. The van der Waals surface area contributed by atoms with Crippen molar-refractivity contribution in [3.05, 3.63) is 24.0 Å². The Balaban J connectivity index is 1.54. The highest BCUT2D eigenvalue weighted by Crippen LogP contribution is 2.49. The third-order valence-corrected chi connectivity index (χ3v) is 4.20. The summed E-state index contributed by atoms with van der Waals surface area (Å²) in [5.74, 6) is 2.09. The number of ether oxygens (including phenoxy) is 1. The van der Waals surface area contributed by atoms with Crippen molar-refractivity contribution < 1.29 is 9.84 Å². The van der Waals surface area contributed by atoms with Gasteiger partial charge in [-0.2, -0.15) is 0 Å². The lowest BCUT2D eigenvalue weighted by molar-refractivity contribution is 0.275. The Morgan fingerprint density at radius 3 is 3.16 bits per heavy atom. The molecule has 1 aromatic heterocycles. The second-order valence-corrected chi connectivity index (χ2v) is 5.67. The van der Waals surface area contributed by atoms with E-state index in [-0.39, 0.29) is 6.61 Å². The van der Waals surface area contributed by atoms with Crippen LogP contribution in [0.15, 0.2) is 18.5 Å². The molecule has 3 rings (SSSR count). The lowest BCUT2D eigenvalue weighted by atomic mass is 10.1. The quantitative estimate of drug-likeness (QED) is 0.819. The molecule has 1 aromatic rings. The largest absolute Gasteiger partial charge is 0.490 e. The summed E-state index contributed by atoms with van der Waals surface area (Å²) in [6.45, 7) is 2.13. The van der Waals surface area contributed by atoms with E-state index in [1.54, 1.807) is 6.20 Å². The molecule has 19 heavy (non-hydrogen) atoms. The maximum atomic E-state index is 8.95. The van der Waals surface area contributed by atoms with Crippen LogP contribution in [-0.4, -0.2) is 35.9 Å². The van der Waals surface area contributed by atoms with Gasteiger partial charge in [0.15, 0.2) is 0 Å². The fourth-order valence-corrected chi connectivity index (χ4v) is 2.95. The highest BCUT2D eigenvalue weighted by Gasteiger charge is 2.37. The summed E-state index contributed by atoms with van der Waals surface area (Å²) < 4.78 is 5.83. The van der Waals surface area contributed by atoms with E-state index in [0.717, 1.165) is 25.3 Å². The Kier molecular flexibility index (Phi) is 3.99. The van der Waals surface area contributed by atoms with Crippen LogP contribution in [-0.2, 0) is 0 Å². The van der Waals surface area contributed by atoms with Gasteiger partial charge < -0.3 is 15.2 Å². The molecule has 1 saturated carbocycles. The zero-order chi connectivity index (χ0) is 13.1. The maximum absolute atomic E-state index is 8.95. The minimum atomic E-state index is 0.290. The van der Waals surface area contributed by atoms with Crippen molar-refractivity contribution in [3.63, 3.8) is 0 Å². The summed E-state index contributed by atoms with van der Waals surface area (Å²) in [7, 11) is 0. The molecule has 4 nitrogen and oxygen atoms in total. The van der Waals surface area contributed by atoms with Crippen LogP contribution in [0.5, 0.6) is 5.75 Å². The molecule has 4 heteroatoms. The highest BCUT2D eigenvalue weighted by atomic mass is 16.5. The highest BCUT2D eigenvalue weighted by molar-refractivity contribution is 5.30. The number of aromatic nitrogens is 1. The number of aliphatic hydroxyl groups excluding tert-OH is 1. The first-order valence-corrected chi connectivity index (χ1v) is 7.29. The zero-order valence-corrected chi connectivity index (χ0v) is 11.2. The predicted octanol–water partition coefficient (Wildman–Crippen LogP) is 1.70. The number of hydrogen-bond acceptors (Lipinski definition) is 4. The minimum absolute atomic E-state index is 0.290. The van der Waals surface area contributed by atoms with Gasteiger partial charge in [-0.1, -0.05) is 0 Å². The van der Waals surface area contributed by atoms with Crippen molar-refractivity contribution >= 4 is 0 Å². The Morgan fingerprint density at radius 2 is 2.37 bits per heavy atom. The monoisotopic (exact) mass is 262 g/mol. The number of nitrogens with one attached hydrogen (secondary N) is 1. The van der Waals surface area contributed by atoms with E-state index in [9.17, 15) is 0 Å². The predicted molar refractivity (Wildman–Crippen MR) is 73.3 cm³/mol. The Hall–Kier alpha value is -1.13. The molecule has 1 aliphatic heterocycles. The Bertz CT molecular complexity index is 418. The first kappa shape index (κ1) is 12.9. The third-order valence-electron chi connectivity index (χ3n) is 4.20. The van der Waals surface area contributed by atoms with Gasteiger partial charge in [-0.05, 0) is 55.7 Å². The van der Waals surface area contributed by atoms with Crippen LogP contribution in [0.4, 0.5) is 0 Å². The molecule has 1 saturated heterocycles. The molecule has 2 heterocycles. The second-order valence-electron chi connectivity index (χ2n) is 5.67. The fraction of sp³-hybridized carbons (Fsp3) is 0.667. The molecule has 0 bridgehead atoms. The summed E-state index contributed by atoms with van der Waals surface area (Å²) in [6, 6.07) is 2.61.